The lowest BCUT2D eigenvalue weighted by Crippen LogP contribution is -2.51. The van der Waals surface area contributed by atoms with E-state index in [9.17, 15) is 13.2 Å². The molecular weight excluding hydrogens is 366 g/mol. The number of likely N-dealkylation sites (N-methyl/N-ethyl adjacent to an activating group) is 1. The number of nitrogens with one attached hydrogen (secondary N) is 3. The van der Waals surface area contributed by atoms with Crippen LogP contribution in [0, 0.1) is 5.92 Å². The highest BCUT2D eigenvalue weighted by molar-refractivity contribution is 7.89. The Morgan fingerprint density at radius 3 is 2.16 bits per heavy atom. The number of methoxy groups -OCH3 is 1. The van der Waals surface area contributed by atoms with Crippen molar-refractivity contribution >= 4 is 28.3 Å². The topological polar surface area (TPSA) is 96.5 Å². The summed E-state index contributed by atoms with van der Waals surface area (Å²) in [6, 6.07) is 5.27. The van der Waals surface area contributed by atoms with Crippen LogP contribution in [0.3, 0.4) is 0 Å². The number of halogens is 1. The minimum absolute atomic E-state index is 0. The Labute approximate surface area is 156 Å². The Bertz CT molecular complexity index is 635. The lowest BCUT2D eigenvalue weighted by Gasteiger charge is -2.22. The van der Waals surface area contributed by atoms with E-state index in [0.29, 0.717) is 12.3 Å². The first kappa shape index (κ1) is 23.6. The van der Waals surface area contributed by atoms with Crippen molar-refractivity contribution in [3.8, 4) is 5.75 Å². The van der Waals surface area contributed by atoms with Crippen molar-refractivity contribution in [3.63, 3.8) is 0 Å². The molecule has 0 aliphatic carbocycles. The molecule has 144 valence electrons. The van der Waals surface area contributed by atoms with Crippen LogP contribution in [0.25, 0.3) is 0 Å². The van der Waals surface area contributed by atoms with Crippen LogP contribution in [0.1, 0.15) is 20.8 Å². The number of rotatable bonds is 9. The number of benzene rings is 1. The van der Waals surface area contributed by atoms with Gasteiger partial charge >= 0.3 is 0 Å². The molecule has 9 heteroatoms. The first-order valence-corrected chi connectivity index (χ1v) is 9.31. The average Bonchev–Trinajstić information content (AvgIpc) is 2.57. The van der Waals surface area contributed by atoms with Crippen LogP contribution in [0.2, 0.25) is 0 Å². The van der Waals surface area contributed by atoms with Gasteiger partial charge in [0.2, 0.25) is 15.9 Å². The van der Waals surface area contributed by atoms with Crippen molar-refractivity contribution in [1.29, 1.82) is 0 Å². The third-order valence-corrected chi connectivity index (χ3v) is 5.13. The van der Waals surface area contributed by atoms with E-state index in [2.05, 4.69) is 15.4 Å². The van der Waals surface area contributed by atoms with Crippen LogP contribution in [0.4, 0.5) is 0 Å². The number of carbonyl (C=O) groups is 1. The van der Waals surface area contributed by atoms with Crippen molar-refractivity contribution in [2.45, 2.75) is 37.8 Å². The smallest absolute Gasteiger partial charge is 0.241 e. The Morgan fingerprint density at radius 1 is 1.16 bits per heavy atom. The predicted molar refractivity (Wildman–Crippen MR) is 101 cm³/mol. The van der Waals surface area contributed by atoms with E-state index in [1.165, 1.54) is 19.2 Å². The summed E-state index contributed by atoms with van der Waals surface area (Å²) in [5.41, 5.74) is 0. The molecule has 0 fully saturated rings. The van der Waals surface area contributed by atoms with Gasteiger partial charge in [-0.1, -0.05) is 13.8 Å². The first-order chi connectivity index (χ1) is 11.2. The summed E-state index contributed by atoms with van der Waals surface area (Å²) in [4.78, 5) is 12.4. The molecule has 25 heavy (non-hydrogen) atoms. The van der Waals surface area contributed by atoms with Crippen LogP contribution in [0.15, 0.2) is 29.2 Å². The number of amides is 1. The summed E-state index contributed by atoms with van der Waals surface area (Å²) in [5.74, 6) is 0.0280. The van der Waals surface area contributed by atoms with Crippen LogP contribution in [-0.4, -0.2) is 47.1 Å². The van der Waals surface area contributed by atoms with Crippen LogP contribution < -0.4 is 20.1 Å². The minimum Gasteiger partial charge on any atom is -0.497 e. The molecule has 0 aliphatic rings. The van der Waals surface area contributed by atoms with Crippen molar-refractivity contribution in [2.75, 3.05) is 20.7 Å². The SMILES string of the molecule is CNC(C)CNC(=O)C(NS(=O)(=O)c1ccc(OC)cc1)C(C)C.Cl. The fourth-order valence-electron chi connectivity index (χ4n) is 1.95. The monoisotopic (exact) mass is 393 g/mol. The summed E-state index contributed by atoms with van der Waals surface area (Å²) < 4.78 is 32.5. The first-order valence-electron chi connectivity index (χ1n) is 7.82. The highest BCUT2D eigenvalue weighted by atomic mass is 35.5. The average molecular weight is 394 g/mol. The zero-order chi connectivity index (χ0) is 18.3. The van der Waals surface area contributed by atoms with E-state index in [0.717, 1.165) is 0 Å². The molecule has 0 saturated heterocycles. The third-order valence-electron chi connectivity index (χ3n) is 3.68. The van der Waals surface area contributed by atoms with E-state index in [4.69, 9.17) is 4.74 Å². The van der Waals surface area contributed by atoms with Gasteiger partial charge in [0.05, 0.1) is 12.0 Å². The molecule has 2 atom stereocenters. The molecule has 0 heterocycles. The maximum atomic E-state index is 12.5. The Kier molecular flexibility index (Phi) is 10.0. The van der Waals surface area contributed by atoms with Gasteiger partial charge < -0.3 is 15.4 Å². The van der Waals surface area contributed by atoms with E-state index in [1.54, 1.807) is 33.0 Å². The van der Waals surface area contributed by atoms with E-state index >= 15 is 0 Å². The molecule has 1 aromatic rings. The number of hydrogen-bond acceptors (Lipinski definition) is 5. The van der Waals surface area contributed by atoms with E-state index < -0.39 is 16.1 Å². The van der Waals surface area contributed by atoms with Crippen molar-refractivity contribution < 1.29 is 17.9 Å². The number of ether oxygens (including phenoxy) is 1. The quantitative estimate of drug-likeness (QED) is 0.584. The summed E-state index contributed by atoms with van der Waals surface area (Å²) >= 11 is 0. The van der Waals surface area contributed by atoms with Crippen LogP contribution >= 0.6 is 12.4 Å². The molecule has 0 radical (unpaired) electrons. The zero-order valence-electron chi connectivity index (χ0n) is 15.2. The largest absolute Gasteiger partial charge is 0.497 e. The fourth-order valence-corrected chi connectivity index (χ4v) is 3.29. The number of sulfonamides is 1. The van der Waals surface area contributed by atoms with Crippen molar-refractivity contribution in [3.05, 3.63) is 24.3 Å². The standard InChI is InChI=1S/C16H27N3O4S.ClH/c1-11(2)15(16(20)18-10-12(3)17-4)19-24(21,22)14-8-6-13(23-5)7-9-14;/h6-9,11-12,15,17,19H,10H2,1-5H3,(H,18,20);1H. The van der Waals surface area contributed by atoms with Crippen molar-refractivity contribution in [1.82, 2.24) is 15.4 Å². The number of hydrogen-bond donors (Lipinski definition) is 3. The Morgan fingerprint density at radius 2 is 1.72 bits per heavy atom. The molecule has 7 nitrogen and oxygen atoms in total. The molecule has 0 spiro atoms. The normalized spacial score (nSPS) is 13.7. The summed E-state index contributed by atoms with van der Waals surface area (Å²) in [5, 5.41) is 5.77. The molecule has 3 N–H and O–H groups in total. The minimum atomic E-state index is -3.80. The molecular formula is C16H28ClN3O4S. The predicted octanol–water partition coefficient (Wildman–Crippen LogP) is 1.14. The summed E-state index contributed by atoms with van der Waals surface area (Å²) in [6.07, 6.45) is 0. The molecule has 2 unspecified atom stereocenters. The number of carbonyl (C=O) groups excluding carboxylic acids is 1. The lowest BCUT2D eigenvalue weighted by molar-refractivity contribution is -0.123. The molecule has 1 amide bonds. The molecule has 1 rings (SSSR count). The Balaban J connectivity index is 0.00000576. The summed E-state index contributed by atoms with van der Waals surface area (Å²) in [7, 11) is -0.499. The van der Waals surface area contributed by atoms with Gasteiger partial charge in [0.15, 0.2) is 0 Å². The maximum absolute atomic E-state index is 12.5. The lowest BCUT2D eigenvalue weighted by atomic mass is 10.1. The van der Waals surface area contributed by atoms with Gasteiger partial charge in [-0.2, -0.15) is 4.72 Å². The van der Waals surface area contributed by atoms with Gasteiger partial charge in [-0.3, -0.25) is 4.79 Å². The van der Waals surface area contributed by atoms with Crippen LogP contribution in [0.5, 0.6) is 5.75 Å². The molecule has 0 bridgehead atoms. The van der Waals surface area contributed by atoms with Gasteiger partial charge in [-0.25, -0.2) is 8.42 Å². The second-order valence-corrected chi connectivity index (χ2v) is 7.67. The zero-order valence-corrected chi connectivity index (χ0v) is 16.8. The van der Waals surface area contributed by atoms with E-state index in [-0.39, 0.29) is 35.2 Å². The fraction of sp³-hybridized carbons (Fsp3) is 0.562. The van der Waals surface area contributed by atoms with Crippen molar-refractivity contribution in [2.24, 2.45) is 5.92 Å². The summed E-state index contributed by atoms with van der Waals surface area (Å²) in [6.45, 7) is 5.93. The van der Waals surface area contributed by atoms with Gasteiger partial charge in [0.1, 0.15) is 11.8 Å². The Hall–Kier alpha value is -1.35. The van der Waals surface area contributed by atoms with Gasteiger partial charge in [-0.05, 0) is 44.2 Å². The molecule has 0 aromatic heterocycles. The molecule has 0 aliphatic heterocycles. The second kappa shape index (κ2) is 10.6. The van der Waals surface area contributed by atoms with Crippen LogP contribution in [-0.2, 0) is 14.8 Å². The molecule has 0 saturated carbocycles. The van der Waals surface area contributed by atoms with Gasteiger partial charge in [-0.15, -0.1) is 12.4 Å². The third kappa shape index (κ3) is 7.19. The van der Waals surface area contributed by atoms with Gasteiger partial charge in [0, 0.05) is 12.6 Å². The van der Waals surface area contributed by atoms with Gasteiger partial charge in [0.25, 0.3) is 0 Å². The second-order valence-electron chi connectivity index (χ2n) is 5.95. The molecule has 1 aromatic carbocycles. The highest BCUT2D eigenvalue weighted by Gasteiger charge is 2.28. The van der Waals surface area contributed by atoms with E-state index in [1.807, 2.05) is 6.92 Å². The highest BCUT2D eigenvalue weighted by Crippen LogP contribution is 2.16. The maximum Gasteiger partial charge on any atom is 0.241 e.